The van der Waals surface area contributed by atoms with Gasteiger partial charge in [-0.3, -0.25) is 9.78 Å². The van der Waals surface area contributed by atoms with Gasteiger partial charge in [-0.2, -0.15) is 0 Å². The molecule has 1 heterocycles. The number of halogens is 1. The molecule has 0 amide bonds. The molecule has 0 spiro atoms. The maximum Gasteiger partial charge on any atom is 0.165 e. The lowest BCUT2D eigenvalue weighted by atomic mass is 9.87. The van der Waals surface area contributed by atoms with Crippen molar-refractivity contribution in [2.45, 2.75) is 33.1 Å². The van der Waals surface area contributed by atoms with Gasteiger partial charge in [0.15, 0.2) is 11.6 Å². The number of ketones is 1. The SMILES string of the molecule is CC(C)C(CCN)CCC(=O)c1ccncc1F. The number of carbonyl (C=O) groups is 1. The van der Waals surface area contributed by atoms with E-state index in [1.807, 2.05) is 0 Å². The van der Waals surface area contributed by atoms with Crippen LogP contribution in [0.25, 0.3) is 0 Å². The quantitative estimate of drug-likeness (QED) is 0.759. The summed E-state index contributed by atoms with van der Waals surface area (Å²) in [6.07, 6.45) is 4.55. The van der Waals surface area contributed by atoms with E-state index in [1.54, 1.807) is 0 Å². The van der Waals surface area contributed by atoms with Gasteiger partial charge in [0.05, 0.1) is 11.8 Å². The smallest absolute Gasteiger partial charge is 0.165 e. The van der Waals surface area contributed by atoms with E-state index < -0.39 is 5.82 Å². The topological polar surface area (TPSA) is 56.0 Å². The van der Waals surface area contributed by atoms with Crippen LogP contribution in [0.15, 0.2) is 18.5 Å². The van der Waals surface area contributed by atoms with E-state index in [1.165, 1.54) is 12.3 Å². The van der Waals surface area contributed by atoms with Crippen LogP contribution in [-0.4, -0.2) is 17.3 Å². The summed E-state index contributed by atoms with van der Waals surface area (Å²) in [5.74, 6) is 0.215. The molecule has 0 saturated carbocycles. The van der Waals surface area contributed by atoms with Crippen molar-refractivity contribution in [1.29, 1.82) is 0 Å². The maximum atomic E-state index is 13.4. The van der Waals surface area contributed by atoms with Gasteiger partial charge in [0.25, 0.3) is 0 Å². The molecule has 1 atom stereocenters. The summed E-state index contributed by atoms with van der Waals surface area (Å²) in [5, 5.41) is 0. The maximum absolute atomic E-state index is 13.4. The molecule has 0 aliphatic rings. The average Bonchev–Trinajstić information content (AvgIpc) is 2.34. The van der Waals surface area contributed by atoms with Gasteiger partial charge in [-0.1, -0.05) is 13.8 Å². The molecule has 18 heavy (non-hydrogen) atoms. The summed E-state index contributed by atoms with van der Waals surface area (Å²) in [5.41, 5.74) is 5.69. The van der Waals surface area contributed by atoms with Gasteiger partial charge >= 0.3 is 0 Å². The van der Waals surface area contributed by atoms with Crippen LogP contribution in [0, 0.1) is 17.7 Å². The van der Waals surface area contributed by atoms with E-state index in [-0.39, 0.29) is 11.3 Å². The summed E-state index contributed by atoms with van der Waals surface area (Å²) in [6, 6.07) is 1.44. The molecule has 0 aliphatic heterocycles. The van der Waals surface area contributed by atoms with Gasteiger partial charge in [0.2, 0.25) is 0 Å². The standard InChI is InChI=1S/C14H21FN2O/c1-10(2)11(5-7-16)3-4-14(18)12-6-8-17-9-13(12)15/h6,8-11H,3-5,7,16H2,1-2H3. The van der Waals surface area contributed by atoms with E-state index in [4.69, 9.17) is 5.73 Å². The highest BCUT2D eigenvalue weighted by molar-refractivity contribution is 5.96. The Labute approximate surface area is 108 Å². The van der Waals surface area contributed by atoms with Crippen LogP contribution in [0.5, 0.6) is 0 Å². The highest BCUT2D eigenvalue weighted by Gasteiger charge is 2.17. The number of hydrogen-bond acceptors (Lipinski definition) is 3. The van der Waals surface area contributed by atoms with Crippen molar-refractivity contribution in [3.63, 3.8) is 0 Å². The fourth-order valence-electron chi connectivity index (χ4n) is 2.08. The molecular formula is C14H21FN2O. The molecular weight excluding hydrogens is 231 g/mol. The first kappa shape index (κ1) is 14.8. The second kappa shape index (κ2) is 7.21. The van der Waals surface area contributed by atoms with E-state index in [9.17, 15) is 9.18 Å². The molecule has 100 valence electrons. The average molecular weight is 252 g/mol. The fraction of sp³-hybridized carbons (Fsp3) is 0.571. The minimum atomic E-state index is -0.539. The predicted octanol–water partition coefficient (Wildman–Crippen LogP) is 2.80. The van der Waals surface area contributed by atoms with Gasteiger partial charge < -0.3 is 5.73 Å². The van der Waals surface area contributed by atoms with E-state index in [2.05, 4.69) is 18.8 Å². The van der Waals surface area contributed by atoms with Gasteiger partial charge in [-0.15, -0.1) is 0 Å². The lowest BCUT2D eigenvalue weighted by molar-refractivity contribution is 0.0965. The molecule has 0 radical (unpaired) electrons. The second-order valence-corrected chi connectivity index (χ2v) is 4.90. The highest BCUT2D eigenvalue weighted by Crippen LogP contribution is 2.22. The van der Waals surface area contributed by atoms with E-state index >= 15 is 0 Å². The Hall–Kier alpha value is -1.29. The number of pyridine rings is 1. The molecule has 1 aromatic heterocycles. The number of Topliss-reactive ketones (excluding diaryl/α,β-unsaturated/α-hetero) is 1. The van der Waals surface area contributed by atoms with Crippen LogP contribution in [0.3, 0.4) is 0 Å². The number of nitrogens with two attached hydrogens (primary N) is 1. The number of hydrogen-bond donors (Lipinski definition) is 1. The van der Waals surface area contributed by atoms with Crippen molar-refractivity contribution in [2.75, 3.05) is 6.54 Å². The lowest BCUT2D eigenvalue weighted by Gasteiger charge is -2.19. The molecule has 4 heteroatoms. The zero-order valence-electron chi connectivity index (χ0n) is 11.0. The highest BCUT2D eigenvalue weighted by atomic mass is 19.1. The van der Waals surface area contributed by atoms with Gasteiger partial charge in [0.1, 0.15) is 0 Å². The minimum absolute atomic E-state index is 0.139. The molecule has 0 saturated heterocycles. The van der Waals surface area contributed by atoms with Crippen molar-refractivity contribution in [1.82, 2.24) is 4.98 Å². The van der Waals surface area contributed by atoms with Crippen molar-refractivity contribution in [3.8, 4) is 0 Å². The molecule has 2 N–H and O–H groups in total. The van der Waals surface area contributed by atoms with Crippen LogP contribution in [-0.2, 0) is 0 Å². The monoisotopic (exact) mass is 252 g/mol. The van der Waals surface area contributed by atoms with Crippen LogP contribution in [0.4, 0.5) is 4.39 Å². The zero-order chi connectivity index (χ0) is 13.5. The first-order chi connectivity index (χ1) is 8.56. The lowest BCUT2D eigenvalue weighted by Crippen LogP contribution is -2.16. The summed E-state index contributed by atoms with van der Waals surface area (Å²) in [7, 11) is 0. The minimum Gasteiger partial charge on any atom is -0.330 e. The number of aromatic nitrogens is 1. The van der Waals surface area contributed by atoms with Gasteiger partial charge in [0, 0.05) is 12.6 Å². The molecule has 0 aromatic carbocycles. The van der Waals surface area contributed by atoms with Crippen molar-refractivity contribution < 1.29 is 9.18 Å². The normalized spacial score (nSPS) is 12.7. The molecule has 1 aromatic rings. The Bertz CT molecular complexity index is 393. The Morgan fingerprint density at radius 1 is 1.44 bits per heavy atom. The molecule has 0 fully saturated rings. The molecule has 1 rings (SSSR count). The van der Waals surface area contributed by atoms with Crippen molar-refractivity contribution in [3.05, 3.63) is 29.8 Å². The van der Waals surface area contributed by atoms with Crippen molar-refractivity contribution >= 4 is 5.78 Å². The Balaban J connectivity index is 2.58. The number of carbonyl (C=O) groups excluding carboxylic acids is 1. The molecule has 1 unspecified atom stereocenters. The first-order valence-electron chi connectivity index (χ1n) is 6.39. The Morgan fingerprint density at radius 3 is 2.72 bits per heavy atom. The van der Waals surface area contributed by atoms with Gasteiger partial charge in [-0.05, 0) is 37.3 Å². The van der Waals surface area contributed by atoms with Crippen LogP contribution < -0.4 is 5.73 Å². The second-order valence-electron chi connectivity index (χ2n) is 4.90. The Morgan fingerprint density at radius 2 is 2.17 bits per heavy atom. The zero-order valence-corrected chi connectivity index (χ0v) is 11.0. The van der Waals surface area contributed by atoms with Gasteiger partial charge in [-0.25, -0.2) is 4.39 Å². The largest absolute Gasteiger partial charge is 0.330 e. The van der Waals surface area contributed by atoms with Crippen LogP contribution in [0.1, 0.15) is 43.5 Å². The third-order valence-corrected chi connectivity index (χ3v) is 3.30. The van der Waals surface area contributed by atoms with E-state index in [0.717, 1.165) is 19.0 Å². The van der Waals surface area contributed by atoms with Crippen molar-refractivity contribution in [2.24, 2.45) is 17.6 Å². The first-order valence-corrected chi connectivity index (χ1v) is 6.39. The summed E-state index contributed by atoms with van der Waals surface area (Å²) < 4.78 is 13.4. The number of rotatable bonds is 7. The molecule has 0 bridgehead atoms. The number of nitrogens with zero attached hydrogens (tertiary/aromatic N) is 1. The summed E-state index contributed by atoms with van der Waals surface area (Å²) in [4.78, 5) is 15.5. The van der Waals surface area contributed by atoms with Crippen LogP contribution >= 0.6 is 0 Å². The summed E-state index contributed by atoms with van der Waals surface area (Å²) in [6.45, 7) is 4.87. The molecule has 0 aliphatic carbocycles. The van der Waals surface area contributed by atoms with E-state index in [0.29, 0.717) is 24.8 Å². The third-order valence-electron chi connectivity index (χ3n) is 3.30. The third kappa shape index (κ3) is 4.18. The predicted molar refractivity (Wildman–Crippen MR) is 69.8 cm³/mol. The fourth-order valence-corrected chi connectivity index (χ4v) is 2.08. The summed E-state index contributed by atoms with van der Waals surface area (Å²) >= 11 is 0. The van der Waals surface area contributed by atoms with Crippen LogP contribution in [0.2, 0.25) is 0 Å². The Kier molecular flexibility index (Phi) is 5.92. The molecule has 3 nitrogen and oxygen atoms in total.